The first-order chi connectivity index (χ1) is 9.88. The maximum atomic E-state index is 11.9. The van der Waals surface area contributed by atoms with Gasteiger partial charge in [0, 0.05) is 11.8 Å². The van der Waals surface area contributed by atoms with Crippen molar-refractivity contribution >= 4 is 23.6 Å². The van der Waals surface area contributed by atoms with E-state index in [9.17, 15) is 9.59 Å². The number of nitrogens with one attached hydrogen (secondary N) is 1. The second-order valence-electron chi connectivity index (χ2n) is 5.50. The Bertz CT molecular complexity index is 488. The van der Waals surface area contributed by atoms with Gasteiger partial charge in [-0.3, -0.25) is 9.59 Å². The van der Waals surface area contributed by atoms with Gasteiger partial charge in [0.25, 0.3) is 0 Å². The van der Waals surface area contributed by atoms with Gasteiger partial charge in [-0.25, -0.2) is 0 Å². The largest absolute Gasteiger partial charge is 0.481 e. The van der Waals surface area contributed by atoms with Crippen molar-refractivity contribution in [3.05, 3.63) is 35.4 Å². The summed E-state index contributed by atoms with van der Waals surface area (Å²) in [6, 6.07) is 7.88. The zero-order chi connectivity index (χ0) is 15.8. The van der Waals surface area contributed by atoms with Gasteiger partial charge in [0.1, 0.15) is 0 Å². The van der Waals surface area contributed by atoms with Gasteiger partial charge in [0.2, 0.25) is 5.91 Å². The van der Waals surface area contributed by atoms with Crippen molar-refractivity contribution in [1.29, 1.82) is 0 Å². The van der Waals surface area contributed by atoms with Crippen molar-refractivity contribution in [1.82, 2.24) is 5.32 Å². The van der Waals surface area contributed by atoms with Crippen LogP contribution >= 0.6 is 11.8 Å². The number of benzene rings is 1. The molecule has 0 fully saturated rings. The van der Waals surface area contributed by atoms with Gasteiger partial charge in [-0.05, 0) is 18.4 Å². The molecule has 1 aromatic carbocycles. The number of carbonyl (C=O) groups is 2. The van der Waals surface area contributed by atoms with Gasteiger partial charge in [-0.15, -0.1) is 11.8 Å². The van der Waals surface area contributed by atoms with Crippen molar-refractivity contribution in [3.8, 4) is 0 Å². The minimum Gasteiger partial charge on any atom is -0.481 e. The summed E-state index contributed by atoms with van der Waals surface area (Å²) in [7, 11) is 0. The Balaban J connectivity index is 2.37. The van der Waals surface area contributed by atoms with E-state index in [1.54, 1.807) is 0 Å². The summed E-state index contributed by atoms with van der Waals surface area (Å²) >= 11 is 1.54. The van der Waals surface area contributed by atoms with Crippen LogP contribution in [-0.4, -0.2) is 28.8 Å². The number of hydrogen-bond acceptors (Lipinski definition) is 3. The Labute approximate surface area is 130 Å². The van der Waals surface area contributed by atoms with E-state index in [-0.39, 0.29) is 24.3 Å². The molecular weight excluding hydrogens is 286 g/mol. The van der Waals surface area contributed by atoms with Crippen LogP contribution in [0.2, 0.25) is 0 Å². The molecule has 116 valence electrons. The highest BCUT2D eigenvalue weighted by Crippen LogP contribution is 2.14. The molecule has 0 bridgehead atoms. The summed E-state index contributed by atoms with van der Waals surface area (Å²) in [5.74, 6) is 0.234. The van der Waals surface area contributed by atoms with E-state index in [0.717, 1.165) is 5.75 Å². The fraction of sp³-hybridized carbons (Fsp3) is 0.500. The highest BCUT2D eigenvalue weighted by molar-refractivity contribution is 7.99. The Hall–Kier alpha value is -1.49. The van der Waals surface area contributed by atoms with Crippen molar-refractivity contribution in [2.45, 2.75) is 39.0 Å². The van der Waals surface area contributed by atoms with E-state index in [2.05, 4.69) is 11.4 Å². The van der Waals surface area contributed by atoms with Crippen LogP contribution < -0.4 is 5.32 Å². The molecule has 1 amide bonds. The molecule has 1 unspecified atom stereocenters. The fourth-order valence-corrected chi connectivity index (χ4v) is 2.74. The molecule has 0 saturated carbocycles. The number of carbonyl (C=O) groups excluding carboxylic acids is 1. The van der Waals surface area contributed by atoms with E-state index < -0.39 is 5.97 Å². The molecule has 5 heteroatoms. The molecule has 0 aliphatic carbocycles. The highest BCUT2D eigenvalue weighted by Gasteiger charge is 2.19. The molecule has 0 saturated heterocycles. The van der Waals surface area contributed by atoms with Crippen LogP contribution in [0, 0.1) is 12.8 Å². The number of aliphatic carboxylic acids is 1. The van der Waals surface area contributed by atoms with Crippen LogP contribution in [0.5, 0.6) is 0 Å². The van der Waals surface area contributed by atoms with Gasteiger partial charge in [-0.2, -0.15) is 0 Å². The quantitative estimate of drug-likeness (QED) is 0.775. The Morgan fingerprint density at radius 3 is 2.62 bits per heavy atom. The molecule has 0 aromatic heterocycles. The molecule has 2 N–H and O–H groups in total. The van der Waals surface area contributed by atoms with Crippen LogP contribution in [0.15, 0.2) is 24.3 Å². The summed E-state index contributed by atoms with van der Waals surface area (Å²) in [4.78, 5) is 22.6. The first-order valence-corrected chi connectivity index (χ1v) is 8.18. The number of carboxylic acids is 1. The first-order valence-electron chi connectivity index (χ1n) is 7.03. The number of rotatable bonds is 8. The lowest BCUT2D eigenvalue weighted by molar-refractivity contribution is -0.138. The maximum absolute atomic E-state index is 11.9. The fourth-order valence-electron chi connectivity index (χ4n) is 1.95. The maximum Gasteiger partial charge on any atom is 0.305 e. The second kappa shape index (κ2) is 8.72. The Kier molecular flexibility index (Phi) is 7.29. The van der Waals surface area contributed by atoms with Crippen LogP contribution in [0.3, 0.4) is 0 Å². The van der Waals surface area contributed by atoms with Gasteiger partial charge >= 0.3 is 5.97 Å². The molecule has 4 nitrogen and oxygen atoms in total. The predicted molar refractivity (Wildman–Crippen MR) is 86.4 cm³/mol. The predicted octanol–water partition coefficient (Wildman–Crippen LogP) is 2.84. The number of amides is 1. The first kappa shape index (κ1) is 17.6. The molecule has 0 aliphatic heterocycles. The molecule has 0 radical (unpaired) electrons. The summed E-state index contributed by atoms with van der Waals surface area (Å²) in [6.45, 7) is 5.86. The van der Waals surface area contributed by atoms with Gasteiger partial charge in [0.05, 0.1) is 12.2 Å². The monoisotopic (exact) mass is 309 g/mol. The van der Waals surface area contributed by atoms with Crippen LogP contribution in [0.4, 0.5) is 0 Å². The lowest BCUT2D eigenvalue weighted by atomic mass is 10.0. The topological polar surface area (TPSA) is 66.4 Å². The van der Waals surface area contributed by atoms with Gasteiger partial charge in [-0.1, -0.05) is 43.7 Å². The number of thioether (sulfide) groups is 1. The zero-order valence-corrected chi connectivity index (χ0v) is 13.6. The second-order valence-corrected chi connectivity index (χ2v) is 6.48. The number of hydrogen-bond donors (Lipinski definition) is 2. The standard InChI is InChI=1S/C16H23NO3S/c1-11(2)14(8-16(19)20)17-15(18)10-21-9-13-6-4-5-12(3)7-13/h4-7,11,14H,8-10H2,1-3H3,(H,17,18)(H,19,20). The third-order valence-electron chi connectivity index (χ3n) is 3.13. The van der Waals surface area contributed by atoms with E-state index in [1.807, 2.05) is 39.0 Å². The molecule has 0 heterocycles. The van der Waals surface area contributed by atoms with Crippen molar-refractivity contribution in [3.63, 3.8) is 0 Å². The lowest BCUT2D eigenvalue weighted by Crippen LogP contribution is -2.41. The average molecular weight is 309 g/mol. The third-order valence-corrected chi connectivity index (χ3v) is 4.13. The highest BCUT2D eigenvalue weighted by atomic mass is 32.2. The van der Waals surface area contributed by atoms with Crippen LogP contribution in [-0.2, 0) is 15.3 Å². The summed E-state index contributed by atoms with van der Waals surface area (Å²) in [5.41, 5.74) is 2.40. The molecule has 1 rings (SSSR count). The van der Waals surface area contributed by atoms with E-state index >= 15 is 0 Å². The minimum absolute atomic E-state index is 0.0358. The summed E-state index contributed by atoms with van der Waals surface area (Å²) in [6.07, 6.45) is -0.0358. The van der Waals surface area contributed by atoms with Crippen molar-refractivity contribution < 1.29 is 14.7 Å². The Morgan fingerprint density at radius 2 is 2.05 bits per heavy atom. The zero-order valence-electron chi connectivity index (χ0n) is 12.8. The smallest absolute Gasteiger partial charge is 0.305 e. The SMILES string of the molecule is Cc1cccc(CSCC(=O)NC(CC(=O)O)C(C)C)c1. The van der Waals surface area contributed by atoms with E-state index in [4.69, 9.17) is 5.11 Å². The van der Waals surface area contributed by atoms with Gasteiger partial charge in [0.15, 0.2) is 0 Å². The molecule has 21 heavy (non-hydrogen) atoms. The summed E-state index contributed by atoms with van der Waals surface area (Å²) in [5, 5.41) is 11.6. The minimum atomic E-state index is -0.888. The molecule has 1 atom stereocenters. The molecule has 0 spiro atoms. The average Bonchev–Trinajstić information content (AvgIpc) is 2.37. The molecule has 0 aliphatic rings. The van der Waals surface area contributed by atoms with Crippen molar-refractivity contribution in [2.24, 2.45) is 5.92 Å². The third kappa shape index (κ3) is 7.18. The van der Waals surface area contributed by atoms with E-state index in [0.29, 0.717) is 5.75 Å². The Morgan fingerprint density at radius 1 is 1.33 bits per heavy atom. The molecule has 1 aromatic rings. The molecular formula is C16H23NO3S. The normalized spacial score (nSPS) is 12.2. The van der Waals surface area contributed by atoms with Crippen LogP contribution in [0.1, 0.15) is 31.4 Å². The number of aryl methyl sites for hydroxylation is 1. The number of carboxylic acid groups (broad SMARTS) is 1. The van der Waals surface area contributed by atoms with Crippen LogP contribution in [0.25, 0.3) is 0 Å². The van der Waals surface area contributed by atoms with E-state index in [1.165, 1.54) is 22.9 Å². The lowest BCUT2D eigenvalue weighted by Gasteiger charge is -2.20. The summed E-state index contributed by atoms with van der Waals surface area (Å²) < 4.78 is 0. The van der Waals surface area contributed by atoms with Crippen molar-refractivity contribution in [2.75, 3.05) is 5.75 Å². The van der Waals surface area contributed by atoms with Gasteiger partial charge < -0.3 is 10.4 Å².